The van der Waals surface area contributed by atoms with E-state index in [4.69, 9.17) is 0 Å². The summed E-state index contributed by atoms with van der Waals surface area (Å²) >= 11 is 1.41. The number of nitrogens with one attached hydrogen (secondary N) is 1. The quantitative estimate of drug-likeness (QED) is 0.770. The van der Waals surface area contributed by atoms with E-state index in [-0.39, 0.29) is 11.9 Å². The van der Waals surface area contributed by atoms with Crippen molar-refractivity contribution in [2.45, 2.75) is 18.9 Å². The maximum absolute atomic E-state index is 12.8. The van der Waals surface area contributed by atoms with Gasteiger partial charge in [-0.05, 0) is 60.6 Å². The predicted molar refractivity (Wildman–Crippen MR) is 105 cm³/mol. The largest absolute Gasteiger partial charge is 0.346 e. The number of fused-ring (bicyclic) bond motifs is 4. The maximum atomic E-state index is 12.8. The van der Waals surface area contributed by atoms with Gasteiger partial charge in [-0.25, -0.2) is 0 Å². The molecule has 1 atom stereocenters. The topological polar surface area (TPSA) is 45.2 Å². The van der Waals surface area contributed by atoms with Gasteiger partial charge in [0.15, 0.2) is 0 Å². The molecule has 0 aliphatic carbocycles. The van der Waals surface area contributed by atoms with Crippen LogP contribution in [0, 0.1) is 5.92 Å². The van der Waals surface area contributed by atoms with E-state index in [9.17, 15) is 4.79 Å². The highest BCUT2D eigenvalue weighted by Crippen LogP contribution is 2.30. The molecule has 2 aromatic carbocycles. The molecule has 0 saturated carbocycles. The third-order valence-electron chi connectivity index (χ3n) is 5.77. The van der Waals surface area contributed by atoms with Crippen molar-refractivity contribution in [1.29, 1.82) is 0 Å². The molecule has 0 unspecified atom stereocenters. The van der Waals surface area contributed by atoms with Gasteiger partial charge >= 0.3 is 0 Å². The number of amides is 1. The maximum Gasteiger partial charge on any atom is 0.271 e. The first-order valence-corrected chi connectivity index (χ1v) is 10.0. The number of piperidine rings is 3. The molecular weight excluding hydrogens is 342 g/mol. The van der Waals surface area contributed by atoms with E-state index in [1.165, 1.54) is 43.0 Å². The molecule has 3 fully saturated rings. The third kappa shape index (κ3) is 2.81. The molecule has 6 rings (SSSR count). The number of carbonyl (C=O) groups is 1. The molecule has 3 aliphatic rings. The van der Waals surface area contributed by atoms with Gasteiger partial charge in [-0.3, -0.25) is 4.79 Å². The molecule has 1 N–H and O–H groups in total. The van der Waals surface area contributed by atoms with Gasteiger partial charge in [0.2, 0.25) is 0 Å². The zero-order valence-electron chi connectivity index (χ0n) is 14.5. The highest BCUT2D eigenvalue weighted by Gasteiger charge is 2.35. The summed E-state index contributed by atoms with van der Waals surface area (Å²) in [5, 5.41) is 4.21. The van der Waals surface area contributed by atoms with Gasteiger partial charge in [0.05, 0.1) is 4.70 Å². The molecule has 4 nitrogen and oxygen atoms in total. The van der Waals surface area contributed by atoms with Crippen molar-refractivity contribution in [2.75, 3.05) is 19.6 Å². The van der Waals surface area contributed by atoms with Crippen molar-refractivity contribution in [3.63, 3.8) is 0 Å². The predicted octanol–water partition coefficient (Wildman–Crippen LogP) is 3.79. The Hall–Kier alpha value is -2.24. The monoisotopic (exact) mass is 363 g/mol. The second-order valence-electron chi connectivity index (χ2n) is 7.33. The molecule has 5 heteroatoms. The lowest BCUT2D eigenvalue weighted by Crippen LogP contribution is -2.57. The molecule has 26 heavy (non-hydrogen) atoms. The lowest BCUT2D eigenvalue weighted by Gasteiger charge is -2.44. The fourth-order valence-corrected chi connectivity index (χ4v) is 5.09. The number of hydrogen-bond acceptors (Lipinski definition) is 4. The van der Waals surface area contributed by atoms with Crippen LogP contribution in [0.2, 0.25) is 0 Å². The summed E-state index contributed by atoms with van der Waals surface area (Å²) in [5.41, 5.74) is 2.91. The van der Waals surface area contributed by atoms with E-state index in [0.29, 0.717) is 11.6 Å². The molecule has 132 valence electrons. The minimum absolute atomic E-state index is 0.0255. The normalized spacial score (nSPS) is 24.7. The van der Waals surface area contributed by atoms with E-state index in [2.05, 4.69) is 38.9 Å². The molecule has 1 amide bonds. The van der Waals surface area contributed by atoms with Crippen LogP contribution in [-0.4, -0.2) is 40.9 Å². The number of rotatable bonds is 3. The minimum atomic E-state index is -0.0255. The van der Waals surface area contributed by atoms with Gasteiger partial charge < -0.3 is 10.2 Å². The van der Waals surface area contributed by atoms with Crippen LogP contribution in [0.4, 0.5) is 0 Å². The van der Waals surface area contributed by atoms with Crippen molar-refractivity contribution in [3.05, 3.63) is 54.2 Å². The Bertz CT molecular complexity index is 944. The number of nitrogens with zero attached hydrogens (tertiary/aromatic N) is 2. The van der Waals surface area contributed by atoms with Gasteiger partial charge in [-0.1, -0.05) is 42.5 Å². The van der Waals surface area contributed by atoms with Gasteiger partial charge in [-0.15, -0.1) is 0 Å². The molecule has 3 aliphatic heterocycles. The van der Waals surface area contributed by atoms with Gasteiger partial charge in [-0.2, -0.15) is 4.37 Å². The van der Waals surface area contributed by atoms with Crippen molar-refractivity contribution in [1.82, 2.24) is 14.6 Å². The van der Waals surface area contributed by atoms with Crippen molar-refractivity contribution in [2.24, 2.45) is 5.92 Å². The third-order valence-corrected chi connectivity index (χ3v) is 6.58. The molecule has 0 radical (unpaired) electrons. The highest BCUT2D eigenvalue weighted by atomic mass is 32.1. The number of hydrogen-bond donors (Lipinski definition) is 1. The van der Waals surface area contributed by atoms with Gasteiger partial charge in [0.25, 0.3) is 5.91 Å². The van der Waals surface area contributed by atoms with Crippen LogP contribution < -0.4 is 5.32 Å². The van der Waals surface area contributed by atoms with E-state index in [1.54, 1.807) is 0 Å². The highest BCUT2D eigenvalue weighted by molar-refractivity contribution is 7.13. The first-order valence-electron chi connectivity index (χ1n) is 9.26. The molecule has 0 spiro atoms. The molecule has 4 heterocycles. The molecular formula is C21H21N3OS. The fraction of sp³-hybridized carbons (Fsp3) is 0.333. The smallest absolute Gasteiger partial charge is 0.271 e. The van der Waals surface area contributed by atoms with Gasteiger partial charge in [0, 0.05) is 18.0 Å². The average molecular weight is 363 g/mol. The lowest BCUT2D eigenvalue weighted by atomic mass is 9.84. The molecule has 3 saturated heterocycles. The molecule has 1 aromatic heterocycles. The second kappa shape index (κ2) is 6.49. The number of aromatic nitrogens is 1. The van der Waals surface area contributed by atoms with Crippen LogP contribution in [0.25, 0.3) is 21.2 Å². The van der Waals surface area contributed by atoms with Crippen molar-refractivity contribution in [3.8, 4) is 11.1 Å². The van der Waals surface area contributed by atoms with Crippen molar-refractivity contribution >= 4 is 27.5 Å². The Morgan fingerprint density at radius 1 is 1.08 bits per heavy atom. The van der Waals surface area contributed by atoms with E-state index in [0.717, 1.165) is 22.2 Å². The van der Waals surface area contributed by atoms with Crippen LogP contribution in [0.1, 0.15) is 23.3 Å². The van der Waals surface area contributed by atoms with E-state index in [1.807, 2.05) is 24.3 Å². The lowest BCUT2D eigenvalue weighted by molar-refractivity contribution is 0.0619. The zero-order chi connectivity index (χ0) is 17.5. The number of benzene rings is 2. The van der Waals surface area contributed by atoms with Crippen molar-refractivity contribution < 1.29 is 4.79 Å². The van der Waals surface area contributed by atoms with Crippen LogP contribution in [0.3, 0.4) is 0 Å². The van der Waals surface area contributed by atoms with Crippen LogP contribution in [0.15, 0.2) is 48.5 Å². The second-order valence-corrected chi connectivity index (χ2v) is 8.13. The summed E-state index contributed by atoms with van der Waals surface area (Å²) in [6.45, 7) is 3.34. The van der Waals surface area contributed by atoms with Gasteiger partial charge in [0.1, 0.15) is 5.69 Å². The Labute approximate surface area is 157 Å². The first-order chi connectivity index (χ1) is 12.8. The summed E-state index contributed by atoms with van der Waals surface area (Å²) in [6, 6.07) is 16.8. The van der Waals surface area contributed by atoms with Crippen LogP contribution in [-0.2, 0) is 0 Å². The fourth-order valence-electron chi connectivity index (χ4n) is 4.28. The summed E-state index contributed by atoms with van der Waals surface area (Å²) in [4.78, 5) is 15.3. The summed E-state index contributed by atoms with van der Waals surface area (Å²) in [6.07, 6.45) is 2.40. The van der Waals surface area contributed by atoms with Crippen LogP contribution >= 0.6 is 11.5 Å². The summed E-state index contributed by atoms with van der Waals surface area (Å²) < 4.78 is 5.53. The Morgan fingerprint density at radius 3 is 2.62 bits per heavy atom. The van der Waals surface area contributed by atoms with E-state index >= 15 is 0 Å². The molecule has 2 bridgehead atoms. The first kappa shape index (κ1) is 16.0. The summed E-state index contributed by atoms with van der Waals surface area (Å²) in [5.74, 6) is 0.598. The number of carbonyl (C=O) groups excluding carboxylic acids is 1. The average Bonchev–Trinajstić information content (AvgIpc) is 3.13. The minimum Gasteiger partial charge on any atom is -0.346 e. The Kier molecular flexibility index (Phi) is 3.98. The SMILES string of the molecule is O=C(N[C@@H]1CN2CCC1CC2)c1nsc2cc(-c3ccccc3)ccc12. The van der Waals surface area contributed by atoms with Crippen LogP contribution in [0.5, 0.6) is 0 Å². The molecule has 3 aromatic rings. The van der Waals surface area contributed by atoms with E-state index < -0.39 is 0 Å². The standard InChI is InChI=1S/C21H21N3OS/c25-21(22-18-13-24-10-8-15(18)9-11-24)20-17-7-6-16(12-19(17)26-23-20)14-4-2-1-3-5-14/h1-7,12,15,18H,8-11,13H2,(H,22,25)/t18-/m1/s1. The zero-order valence-corrected chi connectivity index (χ0v) is 15.3. The summed E-state index contributed by atoms with van der Waals surface area (Å²) in [7, 11) is 0. The Balaban J connectivity index is 1.40. The Morgan fingerprint density at radius 2 is 1.88 bits per heavy atom.